The lowest BCUT2D eigenvalue weighted by Gasteiger charge is -2.27. The highest BCUT2D eigenvalue weighted by Gasteiger charge is 2.37. The Morgan fingerprint density at radius 1 is 0.608 bits per heavy atom. The molecule has 2 amide bonds. The number of carbonyl (C=O) groups is 2. The van der Waals surface area contributed by atoms with Crippen LogP contribution in [-0.2, 0) is 39.5 Å². The highest BCUT2D eigenvalue weighted by atomic mass is 32.2. The van der Waals surface area contributed by atoms with Crippen molar-refractivity contribution in [1.82, 2.24) is 12.9 Å². The maximum absolute atomic E-state index is 13.8. The summed E-state index contributed by atoms with van der Waals surface area (Å²) < 4.78 is 93.9. The molecule has 2 aliphatic rings. The fraction of sp³-hybridized carbons (Fsp3) is 0.429. The van der Waals surface area contributed by atoms with Crippen LogP contribution in [0.15, 0.2) is 102 Å². The van der Waals surface area contributed by atoms with Crippen LogP contribution in [0.5, 0.6) is 0 Å². The molecule has 0 N–H and O–H groups in total. The van der Waals surface area contributed by atoms with Crippen molar-refractivity contribution in [2.24, 2.45) is 0 Å². The van der Waals surface area contributed by atoms with Crippen LogP contribution >= 0.6 is 0 Å². The first kappa shape index (κ1) is 41.4. The minimum atomic E-state index is -4.22. The maximum Gasteiger partial charge on any atom is 0.424 e. The van der Waals surface area contributed by atoms with E-state index in [1.54, 1.807) is 78.0 Å². The largest absolute Gasteiger partial charge is 0.443 e. The average molecular weight is 766 g/mol. The molecule has 13 nitrogen and oxygen atoms in total. The number of carbonyl (C=O) groups excluding carboxylic acids is 2. The molecule has 0 radical (unpaired) electrons. The molecule has 3 rings (SSSR count). The first-order valence-electron chi connectivity index (χ1n) is 16.1. The van der Waals surface area contributed by atoms with E-state index < -0.39 is 77.0 Å². The molecule has 0 aromatic heterocycles. The molecule has 0 bridgehead atoms. The number of nitrogens with zero attached hydrogens (tertiary/aromatic N) is 3. The Kier molecular flexibility index (Phi) is 13.5. The predicted molar refractivity (Wildman–Crippen MR) is 196 cm³/mol. The minimum absolute atomic E-state index is 0.00886. The van der Waals surface area contributed by atoms with Gasteiger partial charge in [0.05, 0.1) is 18.0 Å². The van der Waals surface area contributed by atoms with Gasteiger partial charge in [-0.05, 0) is 60.6 Å². The van der Waals surface area contributed by atoms with Gasteiger partial charge in [0.15, 0.2) is 0 Å². The van der Waals surface area contributed by atoms with Gasteiger partial charge in [-0.2, -0.15) is 12.9 Å². The molecule has 0 saturated heterocycles. The average Bonchev–Trinajstić information content (AvgIpc) is 3.74. The smallest absolute Gasteiger partial charge is 0.424 e. The van der Waals surface area contributed by atoms with Crippen LogP contribution in [0.1, 0.15) is 47.1 Å². The molecule has 0 saturated carbocycles. The standard InChI is InChI=1S/C35H47N3O10S3/c1-28-20-22-31(23-21-28)49(41,42)36(24-12-14-26-37(32(39)47-34(2,3)4)50(43,44)29-16-8-9-17-29)25-13-15-27-38(33(40)48-35(5,6)7)51(45,46)30-18-10-11-19-30/h8-23,29-30H,24-27H2,1-7H3/b14-12+,15-13+. The number of allylic oxidation sites excluding steroid dienone is 4. The number of rotatable bonds is 14. The van der Waals surface area contributed by atoms with E-state index in [0.717, 1.165) is 9.87 Å². The third kappa shape index (κ3) is 11.5. The molecule has 51 heavy (non-hydrogen) atoms. The summed E-state index contributed by atoms with van der Waals surface area (Å²) in [5.74, 6) is 0. The first-order chi connectivity index (χ1) is 23.6. The van der Waals surface area contributed by atoms with Gasteiger partial charge in [-0.15, -0.1) is 0 Å². The molecule has 280 valence electrons. The predicted octanol–water partition coefficient (Wildman–Crippen LogP) is 5.22. The topological polar surface area (TPSA) is 165 Å². The summed E-state index contributed by atoms with van der Waals surface area (Å²) in [5.41, 5.74) is -1.13. The Labute approximate surface area is 302 Å². The van der Waals surface area contributed by atoms with Crippen molar-refractivity contribution in [2.75, 3.05) is 26.2 Å². The Bertz CT molecular complexity index is 1800. The van der Waals surface area contributed by atoms with Crippen molar-refractivity contribution >= 4 is 42.3 Å². The second kappa shape index (κ2) is 16.6. The van der Waals surface area contributed by atoms with Crippen molar-refractivity contribution in [1.29, 1.82) is 0 Å². The van der Waals surface area contributed by atoms with Crippen molar-refractivity contribution in [3.05, 3.63) is 103 Å². The molecule has 1 aromatic carbocycles. The van der Waals surface area contributed by atoms with E-state index in [1.165, 1.54) is 60.7 Å². The quantitative estimate of drug-likeness (QED) is 0.229. The fourth-order valence-corrected chi connectivity index (χ4v) is 8.72. The van der Waals surface area contributed by atoms with Crippen LogP contribution in [0, 0.1) is 6.92 Å². The molecular formula is C35H47N3O10S3. The molecular weight excluding hydrogens is 719 g/mol. The Morgan fingerprint density at radius 3 is 1.27 bits per heavy atom. The van der Waals surface area contributed by atoms with Crippen LogP contribution in [-0.4, -0.2) is 98.2 Å². The maximum atomic E-state index is 13.8. The van der Waals surface area contributed by atoms with Crippen molar-refractivity contribution in [2.45, 2.75) is 75.1 Å². The third-order valence-corrected chi connectivity index (χ3v) is 12.7. The number of sulfonamides is 3. The van der Waals surface area contributed by atoms with Crippen molar-refractivity contribution in [3.63, 3.8) is 0 Å². The van der Waals surface area contributed by atoms with Gasteiger partial charge in [0.2, 0.25) is 30.1 Å². The summed E-state index contributed by atoms with van der Waals surface area (Å²) in [6, 6.07) is 6.18. The lowest BCUT2D eigenvalue weighted by atomic mass is 10.2. The Morgan fingerprint density at radius 2 is 0.941 bits per heavy atom. The van der Waals surface area contributed by atoms with E-state index >= 15 is 0 Å². The van der Waals surface area contributed by atoms with E-state index in [-0.39, 0.29) is 18.0 Å². The minimum Gasteiger partial charge on any atom is -0.443 e. The van der Waals surface area contributed by atoms with Gasteiger partial charge in [0.25, 0.3) is 0 Å². The van der Waals surface area contributed by atoms with Crippen LogP contribution < -0.4 is 0 Å². The molecule has 0 spiro atoms. The number of hydrogen-bond donors (Lipinski definition) is 0. The lowest BCUT2D eigenvalue weighted by molar-refractivity contribution is 0.0391. The number of amides is 2. The Hall–Kier alpha value is -3.99. The summed E-state index contributed by atoms with van der Waals surface area (Å²) in [6.45, 7) is 10.1. The van der Waals surface area contributed by atoms with E-state index in [4.69, 9.17) is 9.47 Å². The zero-order chi connectivity index (χ0) is 38.3. The Balaban J connectivity index is 1.88. The van der Waals surface area contributed by atoms with Crippen LogP contribution in [0.25, 0.3) is 0 Å². The zero-order valence-electron chi connectivity index (χ0n) is 29.9. The van der Waals surface area contributed by atoms with Crippen molar-refractivity contribution in [3.8, 4) is 0 Å². The van der Waals surface area contributed by atoms with Gasteiger partial charge in [0, 0.05) is 13.1 Å². The van der Waals surface area contributed by atoms with Crippen LogP contribution in [0.4, 0.5) is 9.59 Å². The summed E-state index contributed by atoms with van der Waals surface area (Å²) in [5, 5.41) is -2.15. The first-order valence-corrected chi connectivity index (χ1v) is 20.6. The van der Waals surface area contributed by atoms with Gasteiger partial charge in [0.1, 0.15) is 21.7 Å². The third-order valence-electron chi connectivity index (χ3n) is 7.07. The normalized spacial score (nSPS) is 15.8. The molecule has 1 aromatic rings. The zero-order valence-corrected chi connectivity index (χ0v) is 32.3. The number of aryl methyl sites for hydroxylation is 1. The molecule has 0 atom stereocenters. The van der Waals surface area contributed by atoms with Gasteiger partial charge in [-0.1, -0.05) is 90.6 Å². The number of benzene rings is 1. The molecule has 0 fully saturated rings. The van der Waals surface area contributed by atoms with Crippen molar-refractivity contribution < 1.29 is 44.3 Å². The van der Waals surface area contributed by atoms with E-state index in [0.29, 0.717) is 8.61 Å². The highest BCUT2D eigenvalue weighted by molar-refractivity contribution is 7.91. The summed E-state index contributed by atoms with van der Waals surface area (Å²) >= 11 is 0. The van der Waals surface area contributed by atoms with Gasteiger partial charge in [-0.25, -0.2) is 34.8 Å². The second-order valence-electron chi connectivity index (χ2n) is 13.7. The van der Waals surface area contributed by atoms with E-state index in [1.807, 2.05) is 6.92 Å². The van der Waals surface area contributed by atoms with Gasteiger partial charge >= 0.3 is 12.2 Å². The summed E-state index contributed by atoms with van der Waals surface area (Å²) in [7, 11) is -12.6. The summed E-state index contributed by atoms with van der Waals surface area (Å²) in [4.78, 5) is 26.0. The molecule has 16 heteroatoms. The number of ether oxygens (including phenoxy) is 2. The van der Waals surface area contributed by atoms with E-state index in [9.17, 15) is 34.8 Å². The van der Waals surface area contributed by atoms with Crippen LogP contribution in [0.2, 0.25) is 0 Å². The number of hydrogen-bond acceptors (Lipinski definition) is 10. The summed E-state index contributed by atoms with van der Waals surface area (Å²) in [6.07, 6.45) is 15.3. The van der Waals surface area contributed by atoms with E-state index in [2.05, 4.69) is 0 Å². The monoisotopic (exact) mass is 765 g/mol. The lowest BCUT2D eigenvalue weighted by Crippen LogP contribution is -2.44. The fourth-order valence-electron chi connectivity index (χ4n) is 4.56. The van der Waals surface area contributed by atoms with Crippen LogP contribution in [0.3, 0.4) is 0 Å². The second-order valence-corrected chi connectivity index (χ2v) is 19.6. The molecule has 2 aliphatic carbocycles. The van der Waals surface area contributed by atoms with Gasteiger partial charge in [-0.3, -0.25) is 0 Å². The molecule has 0 unspecified atom stereocenters. The molecule has 0 heterocycles. The SMILES string of the molecule is Cc1ccc(S(=O)(=O)N(C/C=C/CN(C(=O)OC(C)(C)C)S(=O)(=O)C2C=CC=C2)C/C=C/CN(C(=O)OC(C)(C)C)S(=O)(=O)C2C=CC=C2)cc1. The highest BCUT2D eigenvalue weighted by Crippen LogP contribution is 2.22. The van der Waals surface area contributed by atoms with Gasteiger partial charge < -0.3 is 9.47 Å². The molecule has 0 aliphatic heterocycles.